The molecule has 1 aliphatic carbocycles. The molecular formula is C18H21N3O3S2. The third-order valence-electron chi connectivity index (χ3n) is 4.17. The minimum absolute atomic E-state index is 0.0956. The molecular weight excluding hydrogens is 370 g/mol. The van der Waals surface area contributed by atoms with Crippen molar-refractivity contribution in [1.29, 1.82) is 0 Å². The van der Waals surface area contributed by atoms with Gasteiger partial charge in [0.15, 0.2) is 0 Å². The summed E-state index contributed by atoms with van der Waals surface area (Å²) in [4.78, 5) is 38.3. The second-order valence-corrected chi connectivity index (χ2v) is 8.19. The van der Waals surface area contributed by atoms with Gasteiger partial charge in [-0.05, 0) is 48.8 Å². The second kappa shape index (κ2) is 8.95. The van der Waals surface area contributed by atoms with Gasteiger partial charge >= 0.3 is 0 Å². The Morgan fingerprint density at radius 3 is 2.65 bits per heavy atom. The van der Waals surface area contributed by atoms with Crippen LogP contribution in [0.3, 0.4) is 0 Å². The first-order valence-corrected chi connectivity index (χ1v) is 10.4. The van der Waals surface area contributed by atoms with Gasteiger partial charge in [0, 0.05) is 17.8 Å². The number of carbonyl (C=O) groups excluding carboxylic acids is 3. The average molecular weight is 392 g/mol. The number of fused-ring (bicyclic) bond motifs is 1. The Morgan fingerprint density at radius 2 is 1.85 bits per heavy atom. The van der Waals surface area contributed by atoms with Gasteiger partial charge in [0.1, 0.15) is 0 Å². The SMILES string of the molecule is O=C(CCNC(=O)c1cccs1)NNC(=O)c1cc2c(s1)CCCCC2. The second-order valence-electron chi connectivity index (χ2n) is 6.11. The summed E-state index contributed by atoms with van der Waals surface area (Å²) in [5, 5.41) is 4.49. The summed E-state index contributed by atoms with van der Waals surface area (Å²) in [6.07, 6.45) is 5.72. The molecule has 0 fully saturated rings. The van der Waals surface area contributed by atoms with Crippen LogP contribution in [0.1, 0.15) is 55.5 Å². The van der Waals surface area contributed by atoms with Gasteiger partial charge in [-0.3, -0.25) is 25.2 Å². The predicted octanol–water partition coefficient (Wildman–Crippen LogP) is 2.66. The maximum atomic E-state index is 12.2. The Hall–Kier alpha value is -2.19. The highest BCUT2D eigenvalue weighted by molar-refractivity contribution is 7.14. The lowest BCUT2D eigenvalue weighted by molar-refractivity contribution is -0.121. The first-order chi connectivity index (χ1) is 12.6. The smallest absolute Gasteiger partial charge is 0.279 e. The largest absolute Gasteiger partial charge is 0.351 e. The Balaban J connectivity index is 1.40. The third-order valence-corrected chi connectivity index (χ3v) is 6.27. The van der Waals surface area contributed by atoms with Crippen LogP contribution in [0.4, 0.5) is 0 Å². The molecule has 3 N–H and O–H groups in total. The fourth-order valence-electron chi connectivity index (χ4n) is 2.81. The van der Waals surface area contributed by atoms with Crippen molar-refractivity contribution in [3.8, 4) is 0 Å². The summed E-state index contributed by atoms with van der Waals surface area (Å²) in [6.45, 7) is 0.214. The van der Waals surface area contributed by atoms with Crippen molar-refractivity contribution in [2.45, 2.75) is 38.5 Å². The van der Waals surface area contributed by atoms with Crippen LogP contribution >= 0.6 is 22.7 Å². The van der Waals surface area contributed by atoms with E-state index in [-0.39, 0.29) is 30.7 Å². The van der Waals surface area contributed by atoms with Gasteiger partial charge in [-0.2, -0.15) is 0 Å². The molecule has 3 rings (SSSR count). The highest BCUT2D eigenvalue weighted by Crippen LogP contribution is 2.28. The summed E-state index contributed by atoms with van der Waals surface area (Å²) < 4.78 is 0. The van der Waals surface area contributed by atoms with E-state index < -0.39 is 0 Å². The Labute approximate surface area is 160 Å². The number of carbonyl (C=O) groups is 3. The molecule has 8 heteroatoms. The lowest BCUT2D eigenvalue weighted by atomic mass is 10.1. The quantitative estimate of drug-likeness (QED) is 0.541. The summed E-state index contributed by atoms with van der Waals surface area (Å²) >= 11 is 2.86. The van der Waals surface area contributed by atoms with Gasteiger partial charge < -0.3 is 5.32 Å². The van der Waals surface area contributed by atoms with Gasteiger partial charge in [-0.25, -0.2) is 0 Å². The van der Waals surface area contributed by atoms with E-state index in [1.807, 2.05) is 11.4 Å². The van der Waals surface area contributed by atoms with E-state index in [4.69, 9.17) is 0 Å². The zero-order chi connectivity index (χ0) is 18.4. The zero-order valence-corrected chi connectivity index (χ0v) is 15.9. The van der Waals surface area contributed by atoms with E-state index >= 15 is 0 Å². The van der Waals surface area contributed by atoms with Crippen LogP contribution in [0.15, 0.2) is 23.6 Å². The maximum Gasteiger partial charge on any atom is 0.279 e. The number of rotatable bonds is 5. The Morgan fingerprint density at radius 1 is 1.00 bits per heavy atom. The number of nitrogens with one attached hydrogen (secondary N) is 3. The molecule has 1 aliphatic rings. The van der Waals surface area contributed by atoms with Crippen LogP contribution in [0, 0.1) is 0 Å². The molecule has 0 radical (unpaired) electrons. The molecule has 6 nitrogen and oxygen atoms in total. The lowest BCUT2D eigenvalue weighted by Gasteiger charge is -2.07. The molecule has 2 heterocycles. The molecule has 0 bridgehead atoms. The molecule has 2 aromatic heterocycles. The van der Waals surface area contributed by atoms with Gasteiger partial charge in [0.25, 0.3) is 11.8 Å². The summed E-state index contributed by atoms with van der Waals surface area (Å²) in [5.41, 5.74) is 6.12. The minimum atomic E-state index is -0.344. The lowest BCUT2D eigenvalue weighted by Crippen LogP contribution is -2.42. The van der Waals surface area contributed by atoms with Crippen LogP contribution in [0.5, 0.6) is 0 Å². The van der Waals surface area contributed by atoms with Crippen molar-refractivity contribution in [1.82, 2.24) is 16.2 Å². The summed E-state index contributed by atoms with van der Waals surface area (Å²) in [5.74, 6) is -0.834. The maximum absolute atomic E-state index is 12.2. The molecule has 0 aliphatic heterocycles. The predicted molar refractivity (Wildman–Crippen MR) is 102 cm³/mol. The first kappa shape index (κ1) is 18.6. The molecule has 0 spiro atoms. The number of thiophene rings is 2. The van der Waals surface area contributed by atoms with Crippen molar-refractivity contribution < 1.29 is 14.4 Å². The highest BCUT2D eigenvalue weighted by Gasteiger charge is 2.17. The van der Waals surface area contributed by atoms with Crippen molar-refractivity contribution in [2.75, 3.05) is 6.54 Å². The number of hydrogen-bond donors (Lipinski definition) is 3. The van der Waals surface area contributed by atoms with Crippen LogP contribution in [0.25, 0.3) is 0 Å². The molecule has 0 unspecified atom stereocenters. The molecule has 0 saturated heterocycles. The van der Waals surface area contributed by atoms with E-state index in [2.05, 4.69) is 16.2 Å². The van der Waals surface area contributed by atoms with Crippen LogP contribution in [-0.4, -0.2) is 24.3 Å². The van der Waals surface area contributed by atoms with Crippen molar-refractivity contribution >= 4 is 40.4 Å². The molecule has 0 saturated carbocycles. The van der Waals surface area contributed by atoms with Crippen molar-refractivity contribution in [3.05, 3.63) is 43.8 Å². The minimum Gasteiger partial charge on any atom is -0.351 e. The van der Waals surface area contributed by atoms with Crippen LogP contribution < -0.4 is 16.2 Å². The number of aryl methyl sites for hydroxylation is 2. The molecule has 0 atom stereocenters. The normalized spacial score (nSPS) is 13.4. The number of hydrogen-bond acceptors (Lipinski definition) is 5. The van der Waals surface area contributed by atoms with Crippen molar-refractivity contribution in [3.63, 3.8) is 0 Å². The van der Waals surface area contributed by atoms with Gasteiger partial charge in [-0.1, -0.05) is 12.5 Å². The first-order valence-electron chi connectivity index (χ1n) is 8.66. The number of hydrazine groups is 1. The van der Waals surface area contributed by atoms with E-state index in [0.29, 0.717) is 9.75 Å². The molecule has 26 heavy (non-hydrogen) atoms. The summed E-state index contributed by atoms with van der Waals surface area (Å²) in [7, 11) is 0. The monoisotopic (exact) mass is 391 g/mol. The van der Waals surface area contributed by atoms with Crippen LogP contribution in [-0.2, 0) is 17.6 Å². The van der Waals surface area contributed by atoms with Crippen molar-refractivity contribution in [2.24, 2.45) is 0 Å². The van der Waals surface area contributed by atoms with E-state index in [0.717, 1.165) is 12.8 Å². The molecule has 138 valence electrons. The summed E-state index contributed by atoms with van der Waals surface area (Å²) in [6, 6.07) is 5.46. The number of amides is 3. The Kier molecular flexibility index (Phi) is 6.40. The van der Waals surface area contributed by atoms with E-state index in [9.17, 15) is 14.4 Å². The fourth-order valence-corrected chi connectivity index (χ4v) is 4.60. The molecule has 3 amide bonds. The van der Waals surface area contributed by atoms with Crippen LogP contribution in [0.2, 0.25) is 0 Å². The van der Waals surface area contributed by atoms with Gasteiger partial charge in [0.05, 0.1) is 9.75 Å². The third kappa shape index (κ3) is 4.92. The van der Waals surface area contributed by atoms with E-state index in [1.54, 1.807) is 12.1 Å². The average Bonchev–Trinajstić information content (AvgIpc) is 3.26. The standard InChI is InChI=1S/C18H21N3O3S2/c22-16(8-9-19-17(23)14-7-4-10-25-14)20-21-18(24)15-11-12-5-2-1-3-6-13(12)26-15/h4,7,10-11H,1-3,5-6,8-9H2,(H,19,23)(H,20,22)(H,21,24). The molecule has 2 aromatic rings. The van der Waals surface area contributed by atoms with Gasteiger partial charge in [0.2, 0.25) is 5.91 Å². The highest BCUT2D eigenvalue weighted by atomic mass is 32.1. The Bertz CT molecular complexity index is 760. The fraction of sp³-hybridized carbons (Fsp3) is 0.389. The zero-order valence-electron chi connectivity index (χ0n) is 14.3. The van der Waals surface area contributed by atoms with Gasteiger partial charge in [-0.15, -0.1) is 22.7 Å². The molecule has 0 aromatic carbocycles. The topological polar surface area (TPSA) is 87.3 Å². The van der Waals surface area contributed by atoms with E-state index in [1.165, 1.54) is 52.4 Å².